The van der Waals surface area contributed by atoms with E-state index in [9.17, 15) is 9.90 Å². The van der Waals surface area contributed by atoms with E-state index < -0.39 is 6.10 Å². The highest BCUT2D eigenvalue weighted by atomic mass is 16.5. The Labute approximate surface area is 142 Å². The molecule has 5 aliphatic carbocycles. The van der Waals surface area contributed by atoms with Gasteiger partial charge >= 0.3 is 0 Å². The number of rotatable bonds is 1. The summed E-state index contributed by atoms with van der Waals surface area (Å²) in [6.45, 7) is 1.10. The van der Waals surface area contributed by atoms with Crippen LogP contribution in [0.2, 0.25) is 0 Å². The number of carbonyl (C=O) groups is 1. The molecule has 0 radical (unpaired) electrons. The maximum absolute atomic E-state index is 12.3. The second kappa shape index (κ2) is 3.89. The molecule has 4 heteroatoms. The van der Waals surface area contributed by atoms with Crippen molar-refractivity contribution in [3.05, 3.63) is 23.8 Å². The van der Waals surface area contributed by atoms with Crippen LogP contribution in [0.1, 0.15) is 25.7 Å². The monoisotopic (exact) mass is 327 g/mol. The lowest BCUT2D eigenvalue weighted by molar-refractivity contribution is -0.185. The zero-order chi connectivity index (χ0) is 16.5. The molecule has 1 unspecified atom stereocenters. The van der Waals surface area contributed by atoms with E-state index in [1.807, 2.05) is 6.08 Å². The van der Waals surface area contributed by atoms with Gasteiger partial charge in [-0.05, 0) is 49.1 Å². The number of hydrogen-bond donors (Lipinski definition) is 1. The number of hydrogen-bond acceptors (Lipinski definition) is 4. The van der Waals surface area contributed by atoms with Crippen molar-refractivity contribution in [2.75, 3.05) is 20.7 Å². The smallest absolute Gasteiger partial charge is 0.156 e. The van der Waals surface area contributed by atoms with Crippen LogP contribution in [0.4, 0.5) is 0 Å². The quantitative estimate of drug-likeness (QED) is 0.743. The summed E-state index contributed by atoms with van der Waals surface area (Å²) in [4.78, 5) is 14.8. The molecule has 0 aromatic rings. The SMILES string of the molecule is CO[C@@H]1C=C2CCN(C)[C@H]3CC[C@]45C=CC(=O)C[C@@]46C5[C@@]23[C@@H]6[C@@H]1O. The topological polar surface area (TPSA) is 49.8 Å². The Morgan fingerprint density at radius 1 is 1.42 bits per heavy atom. The molecule has 3 saturated carbocycles. The lowest BCUT2D eigenvalue weighted by atomic mass is 9.41. The van der Waals surface area contributed by atoms with Crippen LogP contribution in [-0.4, -0.2) is 54.7 Å². The number of allylic oxidation sites excluding steroid dienone is 2. The molecule has 1 heterocycles. The van der Waals surface area contributed by atoms with Crippen LogP contribution < -0.4 is 0 Å². The summed E-state index contributed by atoms with van der Waals surface area (Å²) in [6.07, 6.45) is 9.70. The highest BCUT2D eigenvalue weighted by molar-refractivity contribution is 5.93. The second-order valence-electron chi connectivity index (χ2n) is 9.07. The number of ketones is 1. The summed E-state index contributed by atoms with van der Waals surface area (Å²) >= 11 is 0. The zero-order valence-electron chi connectivity index (χ0n) is 14.4. The van der Waals surface area contributed by atoms with Gasteiger partial charge in [-0.2, -0.15) is 0 Å². The van der Waals surface area contributed by atoms with Gasteiger partial charge in [0.1, 0.15) is 6.10 Å². The number of carbonyl (C=O) groups excluding carboxylic acids is 1. The minimum Gasteiger partial charge on any atom is -0.390 e. The minimum atomic E-state index is -0.483. The van der Waals surface area contributed by atoms with Gasteiger partial charge in [0.05, 0.1) is 6.10 Å². The maximum Gasteiger partial charge on any atom is 0.156 e. The number of aliphatic hydroxyl groups excluding tert-OH is 1. The molecule has 6 rings (SSSR count). The van der Waals surface area contributed by atoms with Gasteiger partial charge < -0.3 is 14.7 Å². The maximum atomic E-state index is 12.3. The molecular formula is C20H25NO3. The molecule has 1 aliphatic heterocycles. The molecular weight excluding hydrogens is 302 g/mol. The van der Waals surface area contributed by atoms with Gasteiger partial charge in [0, 0.05) is 37.5 Å². The summed E-state index contributed by atoms with van der Waals surface area (Å²) in [7, 11) is 3.95. The normalized spacial score (nSPS) is 59.7. The Hall–Kier alpha value is -0.970. The third-order valence-corrected chi connectivity index (χ3v) is 8.91. The van der Waals surface area contributed by atoms with E-state index >= 15 is 0 Å². The Morgan fingerprint density at radius 3 is 3.04 bits per heavy atom. The number of methoxy groups -OCH3 is 1. The molecule has 6 aliphatic rings. The largest absolute Gasteiger partial charge is 0.390 e. The third kappa shape index (κ3) is 1.09. The van der Waals surface area contributed by atoms with Crippen LogP contribution in [0, 0.1) is 28.1 Å². The first-order valence-corrected chi connectivity index (χ1v) is 9.38. The predicted octanol–water partition coefficient (Wildman–Crippen LogP) is 1.55. The molecule has 1 saturated heterocycles. The molecule has 0 amide bonds. The number of nitrogens with zero attached hydrogens (tertiary/aromatic N) is 1. The number of piperidine rings is 1. The fourth-order valence-electron chi connectivity index (χ4n) is 8.54. The second-order valence-corrected chi connectivity index (χ2v) is 9.07. The lowest BCUT2D eigenvalue weighted by Crippen LogP contribution is -2.70. The summed E-state index contributed by atoms with van der Waals surface area (Å²) in [5.41, 5.74) is 1.80. The van der Waals surface area contributed by atoms with Crippen LogP contribution >= 0.6 is 0 Å². The first kappa shape index (κ1) is 14.2. The number of ether oxygens (including phenoxy) is 1. The van der Waals surface area contributed by atoms with Gasteiger partial charge in [-0.25, -0.2) is 0 Å². The van der Waals surface area contributed by atoms with E-state index in [4.69, 9.17) is 4.74 Å². The molecule has 4 fully saturated rings. The average Bonchev–Trinajstić information content (AvgIpc) is 3.14. The van der Waals surface area contributed by atoms with Crippen molar-refractivity contribution < 1.29 is 14.6 Å². The van der Waals surface area contributed by atoms with Gasteiger partial charge in [0.25, 0.3) is 0 Å². The molecule has 4 nitrogen and oxygen atoms in total. The van der Waals surface area contributed by atoms with E-state index in [0.29, 0.717) is 18.4 Å². The van der Waals surface area contributed by atoms with Crippen LogP contribution in [0.15, 0.2) is 23.8 Å². The average molecular weight is 327 g/mol. The van der Waals surface area contributed by atoms with Crippen molar-refractivity contribution >= 4 is 5.78 Å². The Balaban J connectivity index is 1.60. The van der Waals surface area contributed by atoms with Gasteiger partial charge in [-0.15, -0.1) is 0 Å². The molecule has 0 aromatic carbocycles. The lowest BCUT2D eigenvalue weighted by Gasteiger charge is -2.67. The van der Waals surface area contributed by atoms with E-state index in [0.717, 1.165) is 13.0 Å². The number of likely N-dealkylation sites (tertiary alicyclic amines) is 1. The highest BCUT2D eigenvalue weighted by Crippen LogP contribution is 2.98. The molecule has 3 spiro atoms. The minimum absolute atomic E-state index is 0.0153. The van der Waals surface area contributed by atoms with Crippen molar-refractivity contribution in [3.63, 3.8) is 0 Å². The van der Waals surface area contributed by atoms with E-state index in [1.165, 1.54) is 18.4 Å². The molecule has 128 valence electrons. The highest BCUT2D eigenvalue weighted by Gasteiger charge is 2.97. The Bertz CT molecular complexity index is 728. The summed E-state index contributed by atoms with van der Waals surface area (Å²) in [5.74, 6) is 0.998. The van der Waals surface area contributed by atoms with Crippen molar-refractivity contribution in [2.45, 2.75) is 43.9 Å². The van der Waals surface area contributed by atoms with E-state index in [-0.39, 0.29) is 34.1 Å². The molecule has 24 heavy (non-hydrogen) atoms. The van der Waals surface area contributed by atoms with Crippen LogP contribution in [0.25, 0.3) is 0 Å². The fraction of sp³-hybridized carbons (Fsp3) is 0.750. The van der Waals surface area contributed by atoms with Crippen molar-refractivity contribution in [1.29, 1.82) is 0 Å². The first-order chi connectivity index (χ1) is 11.5. The van der Waals surface area contributed by atoms with E-state index in [1.54, 1.807) is 7.11 Å². The van der Waals surface area contributed by atoms with Crippen molar-refractivity contribution in [3.8, 4) is 0 Å². The molecule has 8 atom stereocenters. The van der Waals surface area contributed by atoms with Crippen LogP contribution in [0.3, 0.4) is 0 Å². The molecule has 0 bridgehead atoms. The zero-order valence-corrected chi connectivity index (χ0v) is 14.4. The van der Waals surface area contributed by atoms with Gasteiger partial charge in [-0.1, -0.05) is 17.7 Å². The molecule has 1 N–H and O–H groups in total. The Kier molecular flexibility index (Phi) is 2.31. The van der Waals surface area contributed by atoms with Gasteiger partial charge in [-0.3, -0.25) is 4.79 Å². The van der Waals surface area contributed by atoms with Crippen molar-refractivity contribution in [2.24, 2.45) is 28.1 Å². The van der Waals surface area contributed by atoms with Crippen molar-refractivity contribution in [1.82, 2.24) is 4.90 Å². The van der Waals surface area contributed by atoms with Crippen LogP contribution in [-0.2, 0) is 9.53 Å². The summed E-state index contributed by atoms with van der Waals surface area (Å²) < 4.78 is 5.64. The van der Waals surface area contributed by atoms with Gasteiger partial charge in [0.15, 0.2) is 5.78 Å². The number of aliphatic hydroxyl groups is 1. The first-order valence-electron chi connectivity index (χ1n) is 9.38. The summed E-state index contributed by atoms with van der Waals surface area (Å²) in [5, 5.41) is 11.2. The van der Waals surface area contributed by atoms with E-state index in [2.05, 4.69) is 24.1 Å². The predicted molar refractivity (Wildman–Crippen MR) is 88.2 cm³/mol. The standard InChI is InChI=1S/C20H25NO3/c1-21-8-5-11-9-13(24-2)15(23)16-19-10-12(22)3-6-18(19)7-4-14(21)20(11,16)17(18)19/h3,6,9,13-17,23H,4-5,7-8,10H2,1-2H3/t13-,14+,15-,16-,17?,18+,19-,20+/m1/s1. The fourth-order valence-corrected chi connectivity index (χ4v) is 8.54. The summed E-state index contributed by atoms with van der Waals surface area (Å²) in [6, 6.07) is 0.519. The van der Waals surface area contributed by atoms with Crippen LogP contribution in [0.5, 0.6) is 0 Å². The molecule has 0 aromatic heterocycles. The van der Waals surface area contributed by atoms with Gasteiger partial charge in [0.2, 0.25) is 0 Å². The third-order valence-electron chi connectivity index (χ3n) is 8.91. The Morgan fingerprint density at radius 2 is 2.25 bits per heavy atom.